The lowest BCUT2D eigenvalue weighted by atomic mass is 9.85. The smallest absolute Gasteiger partial charge is 0.125 e. The molecule has 0 saturated carbocycles. The third-order valence-electron chi connectivity index (χ3n) is 2.64. The molecule has 1 saturated heterocycles. The lowest BCUT2D eigenvalue weighted by Gasteiger charge is -2.17. The molecule has 1 atom stereocenters. The maximum Gasteiger partial charge on any atom is 0.125 e. The van der Waals surface area contributed by atoms with Crippen LogP contribution in [-0.4, -0.2) is 18.2 Å². The van der Waals surface area contributed by atoms with Crippen LogP contribution >= 0.6 is 0 Å². The number of aryl methyl sites for hydroxylation is 1. The highest BCUT2D eigenvalue weighted by Gasteiger charge is 2.38. The predicted molar refractivity (Wildman–Crippen MR) is 51.7 cm³/mol. The normalized spacial score (nSPS) is 26.0. The van der Waals surface area contributed by atoms with E-state index in [-0.39, 0.29) is 0 Å². The SMILES string of the molecule is Cc1ccc(C2(C#N)CCOC2)nc1. The van der Waals surface area contributed by atoms with Gasteiger partial charge in [0.1, 0.15) is 5.41 Å². The molecule has 3 nitrogen and oxygen atoms in total. The van der Waals surface area contributed by atoms with E-state index < -0.39 is 5.41 Å². The first-order valence-corrected chi connectivity index (χ1v) is 4.69. The molecule has 0 bridgehead atoms. The van der Waals surface area contributed by atoms with Gasteiger partial charge in [-0.2, -0.15) is 5.26 Å². The Kier molecular flexibility index (Phi) is 2.22. The number of ether oxygens (including phenoxy) is 1. The fourth-order valence-electron chi connectivity index (χ4n) is 1.66. The Bertz CT molecular complexity index is 358. The van der Waals surface area contributed by atoms with Gasteiger partial charge >= 0.3 is 0 Å². The predicted octanol–water partition coefficient (Wildman–Crippen LogP) is 1.57. The van der Waals surface area contributed by atoms with Crippen LogP contribution in [0, 0.1) is 18.3 Å². The molecule has 0 radical (unpaired) electrons. The zero-order chi connectivity index (χ0) is 10.0. The Balaban J connectivity index is 2.37. The van der Waals surface area contributed by atoms with Gasteiger partial charge in [-0.3, -0.25) is 4.98 Å². The molecular formula is C11H12N2O. The number of rotatable bonds is 1. The first kappa shape index (κ1) is 9.17. The summed E-state index contributed by atoms with van der Waals surface area (Å²) in [6.45, 7) is 3.11. The Hall–Kier alpha value is -1.40. The van der Waals surface area contributed by atoms with Crippen LogP contribution in [0.25, 0.3) is 0 Å². The first-order chi connectivity index (χ1) is 6.77. The van der Waals surface area contributed by atoms with Gasteiger partial charge < -0.3 is 4.74 Å². The van der Waals surface area contributed by atoms with Crippen LogP contribution in [0.15, 0.2) is 18.3 Å². The van der Waals surface area contributed by atoms with Crippen LogP contribution < -0.4 is 0 Å². The molecule has 1 aliphatic rings. The standard InChI is InChI=1S/C11H12N2O/c1-9-2-3-10(13-6-9)11(7-12)4-5-14-8-11/h2-3,6H,4-5,8H2,1H3. The largest absolute Gasteiger partial charge is 0.379 e. The van der Waals surface area contributed by atoms with Crippen LogP contribution in [0.4, 0.5) is 0 Å². The second-order valence-electron chi connectivity index (χ2n) is 3.72. The van der Waals surface area contributed by atoms with Gasteiger partial charge in [-0.15, -0.1) is 0 Å². The zero-order valence-electron chi connectivity index (χ0n) is 8.16. The van der Waals surface area contributed by atoms with Crippen molar-refractivity contribution in [1.82, 2.24) is 4.98 Å². The molecule has 1 unspecified atom stereocenters. The second-order valence-corrected chi connectivity index (χ2v) is 3.72. The fraction of sp³-hybridized carbons (Fsp3) is 0.455. The van der Waals surface area contributed by atoms with Gasteiger partial charge in [0.05, 0.1) is 18.4 Å². The molecule has 1 aromatic heterocycles. The molecule has 0 N–H and O–H groups in total. The Labute approximate surface area is 83.3 Å². The maximum absolute atomic E-state index is 9.17. The summed E-state index contributed by atoms with van der Waals surface area (Å²) in [7, 11) is 0. The van der Waals surface area contributed by atoms with Crippen LogP contribution in [0.5, 0.6) is 0 Å². The first-order valence-electron chi connectivity index (χ1n) is 4.69. The van der Waals surface area contributed by atoms with E-state index in [0.29, 0.717) is 13.2 Å². The van der Waals surface area contributed by atoms with Crippen molar-refractivity contribution in [3.8, 4) is 6.07 Å². The summed E-state index contributed by atoms with van der Waals surface area (Å²) >= 11 is 0. The van der Waals surface area contributed by atoms with Crippen LogP contribution in [0.2, 0.25) is 0 Å². The van der Waals surface area contributed by atoms with Gasteiger partial charge in [-0.1, -0.05) is 6.07 Å². The second kappa shape index (κ2) is 3.39. The molecule has 14 heavy (non-hydrogen) atoms. The Morgan fingerprint density at radius 2 is 2.43 bits per heavy atom. The highest BCUT2D eigenvalue weighted by atomic mass is 16.5. The molecule has 1 fully saturated rings. The number of pyridine rings is 1. The Morgan fingerprint density at radius 1 is 1.57 bits per heavy atom. The molecule has 2 rings (SSSR count). The molecule has 0 aromatic carbocycles. The number of nitriles is 1. The highest BCUT2D eigenvalue weighted by Crippen LogP contribution is 2.30. The third-order valence-corrected chi connectivity index (χ3v) is 2.64. The van der Waals surface area contributed by atoms with Crippen molar-refractivity contribution in [2.24, 2.45) is 0 Å². The van der Waals surface area contributed by atoms with E-state index in [1.807, 2.05) is 19.1 Å². The molecule has 0 spiro atoms. The summed E-state index contributed by atoms with van der Waals surface area (Å²) < 4.78 is 5.27. The van der Waals surface area contributed by atoms with Gasteiger partial charge in [-0.25, -0.2) is 0 Å². The van der Waals surface area contributed by atoms with Crippen molar-refractivity contribution in [1.29, 1.82) is 5.26 Å². The molecule has 0 amide bonds. The maximum atomic E-state index is 9.17. The molecular weight excluding hydrogens is 176 g/mol. The van der Waals surface area contributed by atoms with Gasteiger partial charge in [0.25, 0.3) is 0 Å². The van der Waals surface area contributed by atoms with Crippen molar-refractivity contribution in [2.45, 2.75) is 18.8 Å². The topological polar surface area (TPSA) is 45.9 Å². The van der Waals surface area contributed by atoms with E-state index in [4.69, 9.17) is 10.00 Å². The van der Waals surface area contributed by atoms with Crippen LogP contribution in [-0.2, 0) is 10.2 Å². The summed E-state index contributed by atoms with van der Waals surface area (Å²) in [6.07, 6.45) is 2.55. The van der Waals surface area contributed by atoms with Gasteiger partial charge in [0.2, 0.25) is 0 Å². The van der Waals surface area contributed by atoms with Crippen LogP contribution in [0.1, 0.15) is 17.7 Å². The Morgan fingerprint density at radius 3 is 2.93 bits per heavy atom. The third kappa shape index (κ3) is 1.38. The summed E-state index contributed by atoms with van der Waals surface area (Å²) in [6, 6.07) is 6.24. The summed E-state index contributed by atoms with van der Waals surface area (Å²) in [5, 5.41) is 9.17. The van der Waals surface area contributed by atoms with E-state index in [1.54, 1.807) is 6.20 Å². The van der Waals surface area contributed by atoms with Gasteiger partial charge in [-0.05, 0) is 25.0 Å². The van der Waals surface area contributed by atoms with Gasteiger partial charge in [0, 0.05) is 12.8 Å². The number of aromatic nitrogens is 1. The fourth-order valence-corrected chi connectivity index (χ4v) is 1.66. The lowest BCUT2D eigenvalue weighted by molar-refractivity contribution is 0.186. The minimum atomic E-state index is -0.506. The summed E-state index contributed by atoms with van der Waals surface area (Å²) in [4.78, 5) is 4.30. The van der Waals surface area contributed by atoms with Crippen molar-refractivity contribution in [2.75, 3.05) is 13.2 Å². The molecule has 1 aliphatic heterocycles. The van der Waals surface area contributed by atoms with Crippen molar-refractivity contribution >= 4 is 0 Å². The van der Waals surface area contributed by atoms with Crippen LogP contribution in [0.3, 0.4) is 0 Å². The summed E-state index contributed by atoms with van der Waals surface area (Å²) in [5.74, 6) is 0. The minimum absolute atomic E-state index is 0.472. The van der Waals surface area contributed by atoms with E-state index in [9.17, 15) is 0 Å². The molecule has 0 aliphatic carbocycles. The van der Waals surface area contributed by atoms with Crippen molar-refractivity contribution < 1.29 is 4.74 Å². The molecule has 72 valence electrons. The quantitative estimate of drug-likeness (QED) is 0.672. The molecule has 1 aromatic rings. The van der Waals surface area contributed by atoms with Gasteiger partial charge in [0.15, 0.2) is 0 Å². The monoisotopic (exact) mass is 188 g/mol. The average molecular weight is 188 g/mol. The van der Waals surface area contributed by atoms with Crippen molar-refractivity contribution in [3.05, 3.63) is 29.6 Å². The van der Waals surface area contributed by atoms with E-state index >= 15 is 0 Å². The number of hydrogen-bond donors (Lipinski definition) is 0. The number of nitrogens with zero attached hydrogens (tertiary/aromatic N) is 2. The van der Waals surface area contributed by atoms with E-state index in [2.05, 4.69) is 11.1 Å². The zero-order valence-corrected chi connectivity index (χ0v) is 8.16. The minimum Gasteiger partial charge on any atom is -0.379 e. The highest BCUT2D eigenvalue weighted by molar-refractivity contribution is 5.29. The van der Waals surface area contributed by atoms with Crippen molar-refractivity contribution in [3.63, 3.8) is 0 Å². The van der Waals surface area contributed by atoms with E-state index in [0.717, 1.165) is 17.7 Å². The summed E-state index contributed by atoms with van der Waals surface area (Å²) in [5.41, 5.74) is 1.44. The lowest BCUT2D eigenvalue weighted by Crippen LogP contribution is -2.25. The molecule has 2 heterocycles. The molecule has 3 heteroatoms. The van der Waals surface area contributed by atoms with E-state index in [1.165, 1.54) is 0 Å². The average Bonchev–Trinajstić information content (AvgIpc) is 2.68. The number of hydrogen-bond acceptors (Lipinski definition) is 3.